The number of hydrogen-bond acceptors (Lipinski definition) is 3. The maximum absolute atomic E-state index is 11.3. The molecule has 0 fully saturated rings. The molecule has 3 aromatic rings. The molecule has 2 heterocycles. The number of carbonyl (C=O) groups excluding carboxylic acids is 1. The number of halogens is 1. The molecule has 0 unspecified atom stereocenters. The van der Waals surface area contributed by atoms with E-state index >= 15 is 0 Å². The van der Waals surface area contributed by atoms with Crippen LogP contribution >= 0.6 is 11.6 Å². The molecular weight excluding hydrogens is 346 g/mol. The first kappa shape index (κ1) is 18.1. The van der Waals surface area contributed by atoms with Crippen molar-refractivity contribution >= 4 is 17.5 Å². The van der Waals surface area contributed by atoms with E-state index < -0.39 is 5.91 Å². The molecule has 5 heteroatoms. The Labute approximate surface area is 158 Å². The summed E-state index contributed by atoms with van der Waals surface area (Å²) >= 11 is 6.35. The molecule has 4 nitrogen and oxygen atoms in total. The number of pyridine rings is 2. The fourth-order valence-electron chi connectivity index (χ4n) is 2.67. The molecule has 26 heavy (non-hydrogen) atoms. The van der Waals surface area contributed by atoms with Crippen LogP contribution in [0, 0.1) is 0 Å². The molecule has 0 saturated heterocycles. The van der Waals surface area contributed by atoms with Crippen LogP contribution in [0.1, 0.15) is 36.8 Å². The molecule has 1 aromatic carbocycles. The first-order valence-electron chi connectivity index (χ1n) is 8.27. The molecule has 132 valence electrons. The summed E-state index contributed by atoms with van der Waals surface area (Å²) in [6.45, 7) is 6.40. The Bertz CT molecular complexity index is 977. The molecule has 3 rings (SSSR count). The molecule has 1 amide bonds. The number of primary amides is 1. The Hall–Kier alpha value is -2.72. The van der Waals surface area contributed by atoms with Crippen LogP contribution in [-0.2, 0) is 5.41 Å². The second-order valence-electron chi connectivity index (χ2n) is 7.20. The highest BCUT2D eigenvalue weighted by atomic mass is 35.5. The third kappa shape index (κ3) is 3.75. The van der Waals surface area contributed by atoms with Crippen LogP contribution in [0.15, 0.2) is 55.0 Å². The van der Waals surface area contributed by atoms with E-state index in [2.05, 4.69) is 36.8 Å². The highest BCUT2D eigenvalue weighted by Crippen LogP contribution is 2.32. The summed E-state index contributed by atoms with van der Waals surface area (Å²) in [6, 6.07) is 11.1. The van der Waals surface area contributed by atoms with Crippen molar-refractivity contribution in [1.29, 1.82) is 0 Å². The third-order valence-corrected chi connectivity index (χ3v) is 4.48. The minimum Gasteiger partial charge on any atom is -0.366 e. The van der Waals surface area contributed by atoms with Gasteiger partial charge in [0.25, 0.3) is 0 Å². The quantitative estimate of drug-likeness (QED) is 0.720. The predicted molar refractivity (Wildman–Crippen MR) is 105 cm³/mol. The van der Waals surface area contributed by atoms with Crippen LogP contribution in [0.25, 0.3) is 22.3 Å². The lowest BCUT2D eigenvalue weighted by Crippen LogP contribution is -2.13. The van der Waals surface area contributed by atoms with E-state index in [1.165, 1.54) is 0 Å². The first-order valence-corrected chi connectivity index (χ1v) is 8.65. The molecule has 2 aromatic heterocycles. The first-order chi connectivity index (χ1) is 12.3. The van der Waals surface area contributed by atoms with Crippen molar-refractivity contribution in [2.75, 3.05) is 0 Å². The summed E-state index contributed by atoms with van der Waals surface area (Å²) in [4.78, 5) is 20.1. The zero-order valence-corrected chi connectivity index (χ0v) is 15.7. The number of aromatic nitrogens is 2. The van der Waals surface area contributed by atoms with Crippen molar-refractivity contribution in [3.05, 3.63) is 71.3 Å². The third-order valence-electron chi connectivity index (χ3n) is 4.16. The zero-order valence-electron chi connectivity index (χ0n) is 15.0. The standard InChI is InChI=1S/C21H20ClN3O/c1-21(2,3)19-10-13(6-7-25-19)15-8-16(12-24-11-15)17-5-4-14(20(23)26)9-18(17)22/h4-12H,1-3H3,(H2,23,26). The summed E-state index contributed by atoms with van der Waals surface area (Å²) in [5.74, 6) is -0.503. The van der Waals surface area contributed by atoms with E-state index in [0.29, 0.717) is 10.6 Å². The molecule has 0 saturated carbocycles. The normalized spacial score (nSPS) is 11.4. The fraction of sp³-hybridized carbons (Fsp3) is 0.190. The van der Waals surface area contributed by atoms with Crippen LogP contribution in [0.3, 0.4) is 0 Å². The van der Waals surface area contributed by atoms with Crippen molar-refractivity contribution in [1.82, 2.24) is 9.97 Å². The van der Waals surface area contributed by atoms with Crippen molar-refractivity contribution in [2.45, 2.75) is 26.2 Å². The Balaban J connectivity index is 2.03. The second kappa shape index (κ2) is 6.89. The number of benzene rings is 1. The molecule has 0 aliphatic rings. The molecule has 0 aliphatic carbocycles. The van der Waals surface area contributed by atoms with Crippen LogP contribution in [0.5, 0.6) is 0 Å². The van der Waals surface area contributed by atoms with E-state index in [9.17, 15) is 4.79 Å². The topological polar surface area (TPSA) is 68.9 Å². The van der Waals surface area contributed by atoms with Gasteiger partial charge in [0.15, 0.2) is 0 Å². The average molecular weight is 366 g/mol. The van der Waals surface area contributed by atoms with Gasteiger partial charge in [0.2, 0.25) is 5.91 Å². The summed E-state index contributed by atoms with van der Waals surface area (Å²) in [5, 5.41) is 0.463. The lowest BCUT2D eigenvalue weighted by molar-refractivity contribution is 0.100. The van der Waals surface area contributed by atoms with Gasteiger partial charge in [-0.3, -0.25) is 14.8 Å². The Morgan fingerprint density at radius 3 is 2.38 bits per heavy atom. The largest absolute Gasteiger partial charge is 0.366 e. The van der Waals surface area contributed by atoms with E-state index in [1.54, 1.807) is 24.4 Å². The van der Waals surface area contributed by atoms with Crippen LogP contribution in [0.4, 0.5) is 0 Å². The minimum atomic E-state index is -0.503. The summed E-state index contributed by atoms with van der Waals surface area (Å²) in [5.41, 5.74) is 10.4. The molecule has 0 bridgehead atoms. The van der Waals surface area contributed by atoms with Gasteiger partial charge in [-0.15, -0.1) is 0 Å². The van der Waals surface area contributed by atoms with Gasteiger partial charge in [0.05, 0.1) is 0 Å². The lowest BCUT2D eigenvalue weighted by Gasteiger charge is -2.18. The number of carbonyl (C=O) groups is 1. The summed E-state index contributed by atoms with van der Waals surface area (Å²) in [7, 11) is 0. The van der Waals surface area contributed by atoms with Gasteiger partial charge >= 0.3 is 0 Å². The Morgan fingerprint density at radius 2 is 1.73 bits per heavy atom. The highest BCUT2D eigenvalue weighted by molar-refractivity contribution is 6.33. The van der Waals surface area contributed by atoms with Crippen molar-refractivity contribution in [3.63, 3.8) is 0 Å². The zero-order chi connectivity index (χ0) is 18.9. The summed E-state index contributed by atoms with van der Waals surface area (Å²) < 4.78 is 0. The maximum atomic E-state index is 11.3. The monoisotopic (exact) mass is 365 g/mol. The molecular formula is C21H20ClN3O. The second-order valence-corrected chi connectivity index (χ2v) is 7.61. The number of amides is 1. The van der Waals surface area contributed by atoms with Crippen LogP contribution in [0.2, 0.25) is 5.02 Å². The van der Waals surface area contributed by atoms with Gasteiger partial charge in [0, 0.05) is 57.0 Å². The maximum Gasteiger partial charge on any atom is 0.248 e. The van der Waals surface area contributed by atoms with E-state index in [4.69, 9.17) is 17.3 Å². The van der Waals surface area contributed by atoms with Crippen molar-refractivity contribution < 1.29 is 4.79 Å². The number of rotatable bonds is 3. The molecule has 0 aliphatic heterocycles. The van der Waals surface area contributed by atoms with Gasteiger partial charge in [-0.25, -0.2) is 0 Å². The minimum absolute atomic E-state index is 0.0328. The Morgan fingerprint density at radius 1 is 1.00 bits per heavy atom. The molecule has 0 radical (unpaired) electrons. The van der Waals surface area contributed by atoms with Gasteiger partial charge in [-0.2, -0.15) is 0 Å². The van der Waals surface area contributed by atoms with Crippen LogP contribution in [-0.4, -0.2) is 15.9 Å². The number of nitrogens with zero attached hydrogens (tertiary/aromatic N) is 2. The Kier molecular flexibility index (Phi) is 4.79. The van der Waals surface area contributed by atoms with Crippen molar-refractivity contribution in [2.24, 2.45) is 5.73 Å². The van der Waals surface area contributed by atoms with Crippen molar-refractivity contribution in [3.8, 4) is 22.3 Å². The SMILES string of the molecule is CC(C)(C)c1cc(-c2cncc(-c3ccc(C(N)=O)cc3Cl)c2)ccn1. The van der Waals surface area contributed by atoms with Gasteiger partial charge in [0.1, 0.15) is 0 Å². The van der Waals surface area contributed by atoms with E-state index in [1.807, 2.05) is 24.5 Å². The fourth-order valence-corrected chi connectivity index (χ4v) is 2.96. The molecule has 0 atom stereocenters. The highest BCUT2D eigenvalue weighted by Gasteiger charge is 2.16. The smallest absolute Gasteiger partial charge is 0.248 e. The van der Waals surface area contributed by atoms with Gasteiger partial charge in [-0.05, 0) is 35.9 Å². The van der Waals surface area contributed by atoms with E-state index in [-0.39, 0.29) is 5.41 Å². The number of hydrogen-bond donors (Lipinski definition) is 1. The lowest BCUT2D eigenvalue weighted by atomic mass is 9.90. The number of nitrogens with two attached hydrogens (primary N) is 1. The average Bonchev–Trinajstić information content (AvgIpc) is 2.61. The summed E-state index contributed by atoms with van der Waals surface area (Å²) in [6.07, 6.45) is 5.38. The van der Waals surface area contributed by atoms with Crippen LogP contribution < -0.4 is 5.73 Å². The molecule has 0 spiro atoms. The predicted octanol–water partition coefficient (Wildman–Crippen LogP) is 4.86. The van der Waals surface area contributed by atoms with Gasteiger partial charge < -0.3 is 5.73 Å². The van der Waals surface area contributed by atoms with E-state index in [0.717, 1.165) is 27.9 Å². The van der Waals surface area contributed by atoms with Gasteiger partial charge in [-0.1, -0.05) is 38.4 Å². The molecule has 2 N–H and O–H groups in total.